The highest BCUT2D eigenvalue weighted by Crippen LogP contribution is 2.32. The molecule has 2 N–H and O–H groups in total. The Labute approximate surface area is 201 Å². The van der Waals surface area contributed by atoms with Gasteiger partial charge in [-0.05, 0) is 43.5 Å². The summed E-state index contributed by atoms with van der Waals surface area (Å²) < 4.78 is 11.4. The second-order valence-electron chi connectivity index (χ2n) is 9.39. The predicted octanol–water partition coefficient (Wildman–Crippen LogP) is 3.62. The number of ether oxygens (including phenoxy) is 2. The Balaban J connectivity index is 1.71. The number of hydrogen-bond acceptors (Lipinski definition) is 6. The molecule has 1 aromatic heterocycles. The average Bonchev–Trinajstić information content (AvgIpc) is 2.91. The minimum atomic E-state index is -0.687. The molecular formula is C26H34N4O4. The van der Waals surface area contributed by atoms with Crippen molar-refractivity contribution in [1.29, 1.82) is 0 Å². The molecule has 34 heavy (non-hydrogen) atoms. The predicted molar refractivity (Wildman–Crippen MR) is 133 cm³/mol. The molecule has 0 unspecified atom stereocenters. The van der Waals surface area contributed by atoms with Crippen LogP contribution < -0.4 is 20.1 Å². The third kappa shape index (κ3) is 6.14. The van der Waals surface area contributed by atoms with Gasteiger partial charge in [0.25, 0.3) is 0 Å². The molecule has 2 aromatic rings. The maximum atomic E-state index is 12.8. The molecule has 1 aliphatic rings. The minimum absolute atomic E-state index is 0.131. The largest absolute Gasteiger partial charge is 0.493 e. The smallest absolute Gasteiger partial charge is 0.246 e. The number of fused-ring (bicyclic) bond motifs is 1. The van der Waals surface area contributed by atoms with E-state index in [0.29, 0.717) is 42.9 Å². The van der Waals surface area contributed by atoms with E-state index in [9.17, 15) is 9.59 Å². The van der Waals surface area contributed by atoms with E-state index in [4.69, 9.17) is 9.47 Å². The van der Waals surface area contributed by atoms with Crippen LogP contribution >= 0.6 is 0 Å². The molecule has 182 valence electrons. The lowest BCUT2D eigenvalue weighted by Crippen LogP contribution is -2.47. The van der Waals surface area contributed by atoms with Gasteiger partial charge >= 0.3 is 0 Å². The van der Waals surface area contributed by atoms with Crippen LogP contribution in [0.4, 0.5) is 5.82 Å². The number of rotatable bonds is 8. The zero-order valence-corrected chi connectivity index (χ0v) is 20.8. The van der Waals surface area contributed by atoms with Crippen molar-refractivity contribution in [2.24, 2.45) is 5.92 Å². The van der Waals surface area contributed by atoms with Crippen LogP contribution in [0.5, 0.6) is 11.5 Å². The Bertz CT molecular complexity index is 1080. The van der Waals surface area contributed by atoms with E-state index in [1.807, 2.05) is 38.1 Å². The Morgan fingerprint density at radius 2 is 2.09 bits per heavy atom. The number of nitrogens with zero attached hydrogens (tertiary/aromatic N) is 2. The first-order chi connectivity index (χ1) is 16.1. The summed E-state index contributed by atoms with van der Waals surface area (Å²) in [6, 6.07) is 7.59. The lowest BCUT2D eigenvalue weighted by molar-refractivity contribution is -0.125. The third-order valence-electron chi connectivity index (χ3n) is 5.55. The van der Waals surface area contributed by atoms with Crippen LogP contribution in [0.3, 0.4) is 0 Å². The molecule has 0 atom stereocenters. The van der Waals surface area contributed by atoms with Gasteiger partial charge in [-0.3, -0.25) is 14.9 Å². The number of amides is 2. The molecule has 2 heterocycles. The number of carbonyl (C=O) groups excluding carboxylic acids is 2. The molecule has 0 saturated carbocycles. The fraction of sp³-hybridized carbons (Fsp3) is 0.423. The van der Waals surface area contributed by atoms with Crippen LogP contribution in [0.25, 0.3) is 6.08 Å². The Morgan fingerprint density at radius 3 is 2.79 bits per heavy atom. The first kappa shape index (κ1) is 25.2. The minimum Gasteiger partial charge on any atom is -0.493 e. The van der Waals surface area contributed by atoms with Gasteiger partial charge < -0.3 is 19.7 Å². The van der Waals surface area contributed by atoms with Gasteiger partial charge in [-0.25, -0.2) is 4.98 Å². The molecule has 3 rings (SSSR count). The fourth-order valence-corrected chi connectivity index (χ4v) is 3.42. The molecule has 0 radical (unpaired) electrons. The zero-order chi connectivity index (χ0) is 24.9. The van der Waals surface area contributed by atoms with Crippen molar-refractivity contribution < 1.29 is 19.1 Å². The van der Waals surface area contributed by atoms with E-state index in [2.05, 4.69) is 29.5 Å². The van der Waals surface area contributed by atoms with E-state index in [1.54, 1.807) is 31.3 Å². The normalized spacial score (nSPS) is 15.0. The Hall–Kier alpha value is -3.39. The summed E-state index contributed by atoms with van der Waals surface area (Å²) in [5, 5.41) is 6.07. The number of methoxy groups -OCH3 is 1. The third-order valence-corrected chi connectivity index (χ3v) is 5.55. The SMILES string of the molecule is COc1cccc(CN(C)C(=O)C=Cc2cnc3c(c2)CNC(C)(C)C(=O)N3)c1OCC(C)C. The molecular weight excluding hydrogens is 432 g/mol. The van der Waals surface area contributed by atoms with Gasteiger partial charge in [-0.1, -0.05) is 26.0 Å². The Morgan fingerprint density at radius 1 is 1.32 bits per heavy atom. The molecule has 0 saturated heterocycles. The van der Waals surface area contributed by atoms with Gasteiger partial charge in [0.05, 0.1) is 19.3 Å². The highest BCUT2D eigenvalue weighted by atomic mass is 16.5. The highest BCUT2D eigenvalue weighted by Gasteiger charge is 2.30. The van der Waals surface area contributed by atoms with Crippen molar-refractivity contribution in [2.45, 2.75) is 46.3 Å². The monoisotopic (exact) mass is 466 g/mol. The van der Waals surface area contributed by atoms with Gasteiger partial charge in [0.15, 0.2) is 11.5 Å². The van der Waals surface area contributed by atoms with Crippen molar-refractivity contribution in [1.82, 2.24) is 15.2 Å². The summed E-state index contributed by atoms with van der Waals surface area (Å²) >= 11 is 0. The number of para-hydroxylation sites is 1. The number of aromatic nitrogens is 1. The van der Waals surface area contributed by atoms with Gasteiger partial charge in [0, 0.05) is 43.5 Å². The number of pyridine rings is 1. The molecule has 8 heteroatoms. The summed E-state index contributed by atoms with van der Waals surface area (Å²) in [6.07, 6.45) is 4.89. The molecule has 8 nitrogen and oxygen atoms in total. The maximum Gasteiger partial charge on any atom is 0.246 e. The second kappa shape index (κ2) is 10.7. The number of carbonyl (C=O) groups is 2. The molecule has 0 spiro atoms. The van der Waals surface area contributed by atoms with E-state index in [1.165, 1.54) is 6.08 Å². The summed E-state index contributed by atoms with van der Waals surface area (Å²) in [7, 11) is 3.35. The highest BCUT2D eigenvalue weighted by molar-refractivity contribution is 5.98. The van der Waals surface area contributed by atoms with E-state index >= 15 is 0 Å². The van der Waals surface area contributed by atoms with Crippen LogP contribution in [-0.2, 0) is 22.7 Å². The van der Waals surface area contributed by atoms with Gasteiger partial charge in [0.1, 0.15) is 5.82 Å². The fourth-order valence-electron chi connectivity index (χ4n) is 3.42. The summed E-state index contributed by atoms with van der Waals surface area (Å²) in [5.41, 5.74) is 1.83. The van der Waals surface area contributed by atoms with Crippen LogP contribution in [0.1, 0.15) is 44.4 Å². The first-order valence-electron chi connectivity index (χ1n) is 11.4. The van der Waals surface area contributed by atoms with Crippen LogP contribution in [0.15, 0.2) is 36.5 Å². The maximum absolute atomic E-state index is 12.8. The Kier molecular flexibility index (Phi) is 7.94. The topological polar surface area (TPSA) is 92.8 Å². The van der Waals surface area contributed by atoms with Crippen molar-refractivity contribution >= 4 is 23.7 Å². The number of anilines is 1. The number of benzene rings is 1. The quantitative estimate of drug-likeness (QED) is 0.578. The van der Waals surface area contributed by atoms with Crippen LogP contribution in [-0.4, -0.2) is 48.0 Å². The number of nitrogens with one attached hydrogen (secondary N) is 2. The second-order valence-corrected chi connectivity index (χ2v) is 9.39. The molecule has 0 aliphatic carbocycles. The summed E-state index contributed by atoms with van der Waals surface area (Å²) in [6.45, 7) is 9.24. The zero-order valence-electron chi connectivity index (χ0n) is 20.8. The molecule has 2 amide bonds. The summed E-state index contributed by atoms with van der Waals surface area (Å²) in [4.78, 5) is 31.1. The van der Waals surface area contributed by atoms with E-state index in [0.717, 1.165) is 16.7 Å². The lowest BCUT2D eigenvalue weighted by atomic mass is 10.1. The number of likely N-dealkylation sites (N-methyl/N-ethyl adjacent to an activating group) is 1. The van der Waals surface area contributed by atoms with Gasteiger partial charge in [-0.2, -0.15) is 0 Å². The number of hydrogen-bond donors (Lipinski definition) is 2. The molecule has 1 aliphatic heterocycles. The van der Waals surface area contributed by atoms with E-state index in [-0.39, 0.29) is 11.8 Å². The van der Waals surface area contributed by atoms with Crippen molar-refractivity contribution in [3.63, 3.8) is 0 Å². The van der Waals surface area contributed by atoms with Crippen molar-refractivity contribution in [3.05, 3.63) is 53.2 Å². The van der Waals surface area contributed by atoms with E-state index < -0.39 is 5.54 Å². The van der Waals surface area contributed by atoms with Gasteiger partial charge in [0.2, 0.25) is 11.8 Å². The standard InChI is InChI=1S/C26H34N4O4/c1-17(2)16-34-23-19(8-7-9-21(23)33-6)15-30(5)22(31)11-10-18-12-20-14-28-26(3,4)25(32)29-24(20)27-13-18/h7-13,17,28H,14-16H2,1-6H3,(H,27,29,32). The van der Waals surface area contributed by atoms with Crippen molar-refractivity contribution in [2.75, 3.05) is 26.1 Å². The van der Waals surface area contributed by atoms with Crippen LogP contribution in [0.2, 0.25) is 0 Å². The lowest BCUT2D eigenvalue weighted by Gasteiger charge is -2.21. The van der Waals surface area contributed by atoms with Gasteiger partial charge in [-0.15, -0.1) is 0 Å². The average molecular weight is 467 g/mol. The first-order valence-corrected chi connectivity index (χ1v) is 11.4. The van der Waals surface area contributed by atoms with Crippen molar-refractivity contribution in [3.8, 4) is 11.5 Å². The molecule has 1 aromatic carbocycles. The molecule has 0 fully saturated rings. The summed E-state index contributed by atoms with van der Waals surface area (Å²) in [5.74, 6) is 1.93. The van der Waals surface area contributed by atoms with Crippen LogP contribution in [0, 0.1) is 5.92 Å². The molecule has 0 bridgehead atoms.